The molecule has 5 rings (SSSR count). The molecule has 0 heterocycles. The van der Waals surface area contributed by atoms with Crippen molar-refractivity contribution in [2.45, 2.75) is 6.92 Å². The molecule has 0 N–H and O–H groups in total. The van der Waals surface area contributed by atoms with E-state index in [1.165, 1.54) is 27.8 Å². The molecule has 0 bridgehead atoms. The Morgan fingerprint density at radius 3 is 1.73 bits per heavy atom. The Balaban J connectivity index is 1.64. The summed E-state index contributed by atoms with van der Waals surface area (Å²) in [5, 5.41) is 0. The van der Waals surface area contributed by atoms with Crippen LogP contribution in [-0.4, -0.2) is 6.61 Å². The molecule has 33 heavy (non-hydrogen) atoms. The zero-order chi connectivity index (χ0) is 22.5. The maximum absolute atomic E-state index is 5.67. The fourth-order valence-corrected chi connectivity index (χ4v) is 4.23. The van der Waals surface area contributed by atoms with E-state index in [0.29, 0.717) is 6.61 Å². The molecule has 5 aromatic rings. The molecule has 1 heteroatoms. The zero-order valence-electron chi connectivity index (χ0n) is 18.7. The summed E-state index contributed by atoms with van der Waals surface area (Å²) in [6.07, 6.45) is 0. The lowest BCUT2D eigenvalue weighted by Crippen LogP contribution is -1.93. The standard InChI is InChI=1S/C32H25O/c1-2-33-29-22-20-28(21-23-29)32-30(26-12-7-4-8-13-26)14-9-15-31(32)27-18-16-25(17-19-27)24-10-5-3-6-11-24/h3-14,16-23H,2H2,1H3. The van der Waals surface area contributed by atoms with Crippen LogP contribution >= 0.6 is 0 Å². The lowest BCUT2D eigenvalue weighted by atomic mass is 9.87. The second-order valence-electron chi connectivity index (χ2n) is 7.91. The summed E-state index contributed by atoms with van der Waals surface area (Å²) in [6, 6.07) is 45.9. The van der Waals surface area contributed by atoms with Gasteiger partial charge in [-0.1, -0.05) is 109 Å². The van der Waals surface area contributed by atoms with E-state index in [1.54, 1.807) is 0 Å². The van der Waals surface area contributed by atoms with Crippen molar-refractivity contribution < 1.29 is 4.74 Å². The van der Waals surface area contributed by atoms with Gasteiger partial charge in [-0.15, -0.1) is 0 Å². The van der Waals surface area contributed by atoms with Crippen molar-refractivity contribution in [3.63, 3.8) is 0 Å². The molecule has 0 aliphatic carbocycles. The van der Waals surface area contributed by atoms with Crippen molar-refractivity contribution in [2.75, 3.05) is 6.61 Å². The fraction of sp³-hybridized carbons (Fsp3) is 0.0625. The second-order valence-corrected chi connectivity index (χ2v) is 7.91. The highest BCUT2D eigenvalue weighted by molar-refractivity contribution is 5.94. The predicted molar refractivity (Wildman–Crippen MR) is 138 cm³/mol. The Bertz CT molecular complexity index is 1320. The molecule has 0 saturated heterocycles. The molecule has 1 nitrogen and oxygen atoms in total. The lowest BCUT2D eigenvalue weighted by molar-refractivity contribution is 0.340. The molecule has 5 aromatic carbocycles. The van der Waals surface area contributed by atoms with Gasteiger partial charge in [0.25, 0.3) is 0 Å². The average Bonchev–Trinajstić information content (AvgIpc) is 2.90. The minimum Gasteiger partial charge on any atom is -0.494 e. The van der Waals surface area contributed by atoms with Crippen molar-refractivity contribution in [3.8, 4) is 50.3 Å². The molecule has 0 aromatic heterocycles. The maximum atomic E-state index is 5.67. The Labute approximate surface area is 196 Å². The molecule has 0 unspecified atom stereocenters. The Hall–Kier alpha value is -4.10. The zero-order valence-corrected chi connectivity index (χ0v) is 18.7. The van der Waals surface area contributed by atoms with Gasteiger partial charge in [0.15, 0.2) is 0 Å². The molecule has 0 aliphatic heterocycles. The Morgan fingerprint density at radius 2 is 1.09 bits per heavy atom. The van der Waals surface area contributed by atoms with E-state index < -0.39 is 0 Å². The summed E-state index contributed by atoms with van der Waals surface area (Å²) in [7, 11) is 0. The van der Waals surface area contributed by atoms with Gasteiger partial charge < -0.3 is 4.74 Å². The van der Waals surface area contributed by atoms with E-state index in [9.17, 15) is 0 Å². The second kappa shape index (κ2) is 9.58. The van der Waals surface area contributed by atoms with Crippen LogP contribution in [0.25, 0.3) is 44.5 Å². The Kier molecular flexibility index (Phi) is 6.04. The van der Waals surface area contributed by atoms with Crippen LogP contribution in [0.1, 0.15) is 6.92 Å². The van der Waals surface area contributed by atoms with Crippen LogP contribution in [0.3, 0.4) is 0 Å². The van der Waals surface area contributed by atoms with Crippen LogP contribution in [0.15, 0.2) is 121 Å². The Morgan fingerprint density at radius 1 is 0.545 bits per heavy atom. The minimum atomic E-state index is 0.659. The monoisotopic (exact) mass is 425 g/mol. The smallest absolute Gasteiger partial charge is 0.119 e. The summed E-state index contributed by atoms with van der Waals surface area (Å²) < 4.78 is 5.67. The number of benzene rings is 5. The normalized spacial score (nSPS) is 10.7. The third-order valence-electron chi connectivity index (χ3n) is 5.82. The summed E-state index contributed by atoms with van der Waals surface area (Å²) in [5.41, 5.74) is 9.39. The van der Waals surface area contributed by atoms with Crippen LogP contribution in [0.2, 0.25) is 0 Å². The lowest BCUT2D eigenvalue weighted by Gasteiger charge is -2.17. The molecule has 1 radical (unpaired) electrons. The highest BCUT2D eigenvalue weighted by atomic mass is 16.5. The van der Waals surface area contributed by atoms with Crippen molar-refractivity contribution in [1.82, 2.24) is 0 Å². The van der Waals surface area contributed by atoms with E-state index in [0.717, 1.165) is 22.4 Å². The van der Waals surface area contributed by atoms with Gasteiger partial charge >= 0.3 is 0 Å². The molecular weight excluding hydrogens is 400 g/mol. The SMILES string of the molecule is CCOc1ccc(-c2c(-c3ccc(-c4ccccc4)cc3)[c]ccc2-c2ccccc2)cc1. The van der Waals surface area contributed by atoms with Gasteiger partial charge in [0.1, 0.15) is 5.75 Å². The van der Waals surface area contributed by atoms with Crippen LogP contribution in [0, 0.1) is 6.07 Å². The first kappa shape index (κ1) is 20.8. The van der Waals surface area contributed by atoms with Gasteiger partial charge in [-0.05, 0) is 69.6 Å². The summed E-state index contributed by atoms with van der Waals surface area (Å²) >= 11 is 0. The largest absolute Gasteiger partial charge is 0.494 e. The van der Waals surface area contributed by atoms with Crippen LogP contribution in [0.5, 0.6) is 5.75 Å². The maximum Gasteiger partial charge on any atom is 0.119 e. The van der Waals surface area contributed by atoms with Crippen molar-refractivity contribution in [1.29, 1.82) is 0 Å². The average molecular weight is 426 g/mol. The van der Waals surface area contributed by atoms with Gasteiger partial charge in [0.05, 0.1) is 6.61 Å². The van der Waals surface area contributed by atoms with E-state index in [2.05, 4.69) is 103 Å². The molecule has 0 fully saturated rings. The topological polar surface area (TPSA) is 9.23 Å². The van der Waals surface area contributed by atoms with Gasteiger partial charge in [-0.2, -0.15) is 0 Å². The van der Waals surface area contributed by atoms with Crippen molar-refractivity contribution in [2.24, 2.45) is 0 Å². The fourth-order valence-electron chi connectivity index (χ4n) is 4.23. The van der Waals surface area contributed by atoms with Crippen molar-refractivity contribution >= 4 is 0 Å². The molecular formula is C32H25O. The van der Waals surface area contributed by atoms with Crippen LogP contribution in [0.4, 0.5) is 0 Å². The predicted octanol–water partition coefficient (Wildman–Crippen LogP) is 8.55. The third-order valence-corrected chi connectivity index (χ3v) is 5.82. The minimum absolute atomic E-state index is 0.659. The highest BCUT2D eigenvalue weighted by Crippen LogP contribution is 2.40. The van der Waals surface area contributed by atoms with Crippen molar-refractivity contribution in [3.05, 3.63) is 127 Å². The molecule has 159 valence electrons. The number of hydrogen-bond acceptors (Lipinski definition) is 1. The highest BCUT2D eigenvalue weighted by Gasteiger charge is 2.14. The van der Waals surface area contributed by atoms with Crippen LogP contribution < -0.4 is 4.74 Å². The summed E-state index contributed by atoms with van der Waals surface area (Å²) in [5.74, 6) is 0.885. The van der Waals surface area contributed by atoms with E-state index in [1.807, 2.05) is 31.2 Å². The summed E-state index contributed by atoms with van der Waals surface area (Å²) in [6.45, 7) is 2.66. The first-order chi connectivity index (χ1) is 16.3. The van der Waals surface area contributed by atoms with E-state index in [-0.39, 0.29) is 0 Å². The molecule has 0 saturated carbocycles. The first-order valence-electron chi connectivity index (χ1n) is 11.3. The van der Waals surface area contributed by atoms with E-state index in [4.69, 9.17) is 4.74 Å². The summed E-state index contributed by atoms with van der Waals surface area (Å²) in [4.78, 5) is 0. The molecule has 0 amide bonds. The van der Waals surface area contributed by atoms with Crippen LogP contribution in [-0.2, 0) is 0 Å². The van der Waals surface area contributed by atoms with Gasteiger partial charge in [0.2, 0.25) is 0 Å². The number of ether oxygens (including phenoxy) is 1. The number of rotatable bonds is 6. The quantitative estimate of drug-likeness (QED) is 0.265. The number of hydrogen-bond donors (Lipinski definition) is 0. The first-order valence-corrected chi connectivity index (χ1v) is 11.3. The third kappa shape index (κ3) is 4.44. The van der Waals surface area contributed by atoms with Gasteiger partial charge in [-0.3, -0.25) is 0 Å². The van der Waals surface area contributed by atoms with Gasteiger partial charge in [-0.25, -0.2) is 0 Å². The van der Waals surface area contributed by atoms with Gasteiger partial charge in [0, 0.05) is 0 Å². The molecule has 0 atom stereocenters. The molecule has 0 aliphatic rings. The molecule has 0 spiro atoms. The van der Waals surface area contributed by atoms with E-state index >= 15 is 0 Å².